The van der Waals surface area contributed by atoms with E-state index in [1.54, 1.807) is 36.4 Å². The number of Topliss-reactive ketones (excluding diaryl/α,β-unsaturated/α-hetero) is 1. The van der Waals surface area contributed by atoms with E-state index >= 15 is 0 Å². The molecular weight excluding hydrogens is 312 g/mol. The molecule has 2 rings (SSSR count). The Balaban J connectivity index is 2.32. The Kier molecular flexibility index (Phi) is 5.62. The first-order valence-corrected chi connectivity index (χ1v) is 7.21. The summed E-state index contributed by atoms with van der Waals surface area (Å²) in [6.45, 7) is 1.07. The Hall–Kier alpha value is -3.22. The Morgan fingerprint density at radius 3 is 2.38 bits per heavy atom. The number of nitro benzene ring substituents is 1. The average Bonchev–Trinajstić information content (AvgIpc) is 2.58. The van der Waals surface area contributed by atoms with Crippen molar-refractivity contribution in [2.75, 3.05) is 6.54 Å². The summed E-state index contributed by atoms with van der Waals surface area (Å²) in [7, 11) is 0. The molecule has 1 unspecified atom stereocenters. The van der Waals surface area contributed by atoms with Gasteiger partial charge in [-0.1, -0.05) is 42.5 Å². The molecule has 0 heterocycles. The number of nitrogens with zero attached hydrogens (tertiary/aromatic N) is 1. The lowest BCUT2D eigenvalue weighted by molar-refractivity contribution is -0.386. The maximum Gasteiger partial charge on any atom is 0.310 e. The van der Waals surface area contributed by atoms with Crippen molar-refractivity contribution in [2.24, 2.45) is 0 Å². The van der Waals surface area contributed by atoms with Crippen molar-refractivity contribution >= 4 is 17.4 Å². The molecule has 0 aliphatic carbocycles. The number of hydrogen-bond donors (Lipinski definition) is 1. The van der Waals surface area contributed by atoms with Crippen LogP contribution >= 0.6 is 0 Å². The zero-order chi connectivity index (χ0) is 17.5. The van der Waals surface area contributed by atoms with Crippen LogP contribution in [0.25, 0.3) is 0 Å². The molecule has 7 nitrogen and oxygen atoms in total. The fourth-order valence-electron chi connectivity index (χ4n) is 2.09. The summed E-state index contributed by atoms with van der Waals surface area (Å²) in [5.74, 6) is -0.761. The van der Waals surface area contributed by atoms with Crippen LogP contribution in [0.2, 0.25) is 0 Å². The number of hydrogen-bond acceptors (Lipinski definition) is 5. The molecule has 0 aliphatic rings. The molecule has 1 N–H and O–H groups in total. The van der Waals surface area contributed by atoms with Gasteiger partial charge in [0.2, 0.25) is 5.91 Å². The lowest BCUT2D eigenvalue weighted by atomic mass is 10.1. The Labute approximate surface area is 138 Å². The molecule has 124 valence electrons. The first kappa shape index (κ1) is 17.1. The highest BCUT2D eigenvalue weighted by Crippen LogP contribution is 2.31. The monoisotopic (exact) mass is 328 g/mol. The second-order valence-electron chi connectivity index (χ2n) is 5.01. The normalized spacial score (nSPS) is 11.4. The molecule has 0 aliphatic heterocycles. The van der Waals surface area contributed by atoms with Crippen LogP contribution in [0.15, 0.2) is 54.6 Å². The molecule has 2 aromatic carbocycles. The van der Waals surface area contributed by atoms with E-state index in [0.29, 0.717) is 5.56 Å². The number of para-hydroxylation sites is 2. The smallest absolute Gasteiger partial charge is 0.310 e. The largest absolute Gasteiger partial charge is 0.471 e. The van der Waals surface area contributed by atoms with E-state index in [1.807, 2.05) is 0 Å². The summed E-state index contributed by atoms with van der Waals surface area (Å²) in [6.07, 6.45) is -1.06. The fourth-order valence-corrected chi connectivity index (χ4v) is 2.09. The van der Waals surface area contributed by atoms with E-state index in [-0.39, 0.29) is 23.9 Å². The van der Waals surface area contributed by atoms with Crippen molar-refractivity contribution in [1.29, 1.82) is 0 Å². The predicted molar refractivity (Wildman–Crippen MR) is 86.6 cm³/mol. The van der Waals surface area contributed by atoms with Crippen LogP contribution in [-0.2, 0) is 9.59 Å². The molecule has 1 amide bonds. The van der Waals surface area contributed by atoms with Gasteiger partial charge in [0, 0.05) is 13.0 Å². The molecule has 24 heavy (non-hydrogen) atoms. The van der Waals surface area contributed by atoms with E-state index in [9.17, 15) is 19.7 Å². The molecule has 0 saturated carbocycles. The first-order valence-electron chi connectivity index (χ1n) is 7.21. The third-order valence-electron chi connectivity index (χ3n) is 3.21. The van der Waals surface area contributed by atoms with Gasteiger partial charge in [0.25, 0.3) is 0 Å². The average molecular weight is 328 g/mol. The van der Waals surface area contributed by atoms with Crippen LogP contribution in [0, 0.1) is 10.1 Å². The van der Waals surface area contributed by atoms with Gasteiger partial charge in [-0.15, -0.1) is 0 Å². The van der Waals surface area contributed by atoms with Crippen LogP contribution in [0.3, 0.4) is 0 Å². The summed E-state index contributed by atoms with van der Waals surface area (Å²) in [4.78, 5) is 34.0. The highest BCUT2D eigenvalue weighted by atomic mass is 16.6. The molecule has 0 fully saturated rings. The SMILES string of the molecule is CC(=O)NCC(=O)C(Oc1ccccc1[N+](=O)[O-])c1ccccc1. The topological polar surface area (TPSA) is 98.5 Å². The molecule has 0 spiro atoms. The number of rotatable bonds is 7. The van der Waals surface area contributed by atoms with Gasteiger partial charge >= 0.3 is 5.69 Å². The lowest BCUT2D eigenvalue weighted by Crippen LogP contribution is -2.32. The van der Waals surface area contributed by atoms with Crippen LogP contribution in [0.5, 0.6) is 5.75 Å². The predicted octanol–water partition coefficient (Wildman–Crippen LogP) is 2.42. The van der Waals surface area contributed by atoms with Gasteiger partial charge in [-0.3, -0.25) is 19.7 Å². The van der Waals surface area contributed by atoms with Gasteiger partial charge in [0.15, 0.2) is 17.6 Å². The second kappa shape index (κ2) is 7.87. The van der Waals surface area contributed by atoms with Crippen LogP contribution in [0.4, 0.5) is 5.69 Å². The summed E-state index contributed by atoms with van der Waals surface area (Å²) in [5.41, 5.74) is 0.316. The van der Waals surface area contributed by atoms with Gasteiger partial charge in [0.1, 0.15) is 0 Å². The number of amides is 1. The fraction of sp³-hybridized carbons (Fsp3) is 0.176. The van der Waals surface area contributed by atoms with Crippen molar-refractivity contribution in [1.82, 2.24) is 5.32 Å². The highest BCUT2D eigenvalue weighted by molar-refractivity contribution is 5.89. The van der Waals surface area contributed by atoms with Gasteiger partial charge in [0.05, 0.1) is 11.5 Å². The molecule has 0 radical (unpaired) electrons. The minimum Gasteiger partial charge on any atom is -0.471 e. The number of benzene rings is 2. The maximum absolute atomic E-state index is 12.4. The second-order valence-corrected chi connectivity index (χ2v) is 5.01. The quantitative estimate of drug-likeness (QED) is 0.621. The molecule has 1 atom stereocenters. The Morgan fingerprint density at radius 2 is 1.75 bits per heavy atom. The Bertz CT molecular complexity index is 746. The summed E-state index contributed by atoms with van der Waals surface area (Å²) in [5, 5.41) is 13.5. The van der Waals surface area contributed by atoms with Crippen molar-refractivity contribution < 1.29 is 19.2 Å². The number of carbonyl (C=O) groups excluding carboxylic acids is 2. The lowest BCUT2D eigenvalue weighted by Gasteiger charge is -2.18. The number of ketones is 1. The van der Waals surface area contributed by atoms with Crippen molar-refractivity contribution in [2.45, 2.75) is 13.0 Å². The molecule has 0 aromatic heterocycles. The summed E-state index contributed by atoms with van der Waals surface area (Å²) in [6, 6.07) is 14.5. The maximum atomic E-state index is 12.4. The van der Waals surface area contributed by atoms with E-state index in [4.69, 9.17) is 4.74 Å². The van der Waals surface area contributed by atoms with Crippen molar-refractivity contribution in [3.05, 3.63) is 70.3 Å². The first-order chi connectivity index (χ1) is 11.5. The van der Waals surface area contributed by atoms with Gasteiger partial charge in [-0.25, -0.2) is 0 Å². The van der Waals surface area contributed by atoms with Crippen LogP contribution < -0.4 is 10.1 Å². The molecule has 7 heteroatoms. The molecule has 0 bridgehead atoms. The molecule has 0 saturated heterocycles. The van der Waals surface area contributed by atoms with E-state index in [0.717, 1.165) is 0 Å². The van der Waals surface area contributed by atoms with Gasteiger partial charge in [-0.2, -0.15) is 0 Å². The minimum absolute atomic E-state index is 0.00692. The zero-order valence-corrected chi connectivity index (χ0v) is 13.0. The summed E-state index contributed by atoms with van der Waals surface area (Å²) >= 11 is 0. The Morgan fingerprint density at radius 1 is 1.12 bits per heavy atom. The van der Waals surface area contributed by atoms with Crippen molar-refractivity contribution in [3.63, 3.8) is 0 Å². The van der Waals surface area contributed by atoms with E-state index in [1.165, 1.54) is 25.1 Å². The minimum atomic E-state index is -1.06. The standard InChI is InChI=1S/C17H16N2O5/c1-12(20)18-11-15(21)17(13-7-3-2-4-8-13)24-16-10-6-5-9-14(16)19(22)23/h2-10,17H,11H2,1H3,(H,18,20). The zero-order valence-electron chi connectivity index (χ0n) is 13.0. The molecule has 2 aromatic rings. The molecular formula is C17H16N2O5. The van der Waals surface area contributed by atoms with Crippen LogP contribution in [-0.4, -0.2) is 23.2 Å². The van der Waals surface area contributed by atoms with Crippen LogP contribution in [0.1, 0.15) is 18.6 Å². The number of nitro groups is 1. The van der Waals surface area contributed by atoms with Gasteiger partial charge in [-0.05, 0) is 11.6 Å². The van der Waals surface area contributed by atoms with Crippen molar-refractivity contribution in [3.8, 4) is 5.75 Å². The third kappa shape index (κ3) is 4.39. The van der Waals surface area contributed by atoms with E-state index in [2.05, 4.69) is 5.32 Å². The summed E-state index contributed by atoms with van der Waals surface area (Å²) < 4.78 is 5.64. The highest BCUT2D eigenvalue weighted by Gasteiger charge is 2.25. The number of carbonyl (C=O) groups is 2. The third-order valence-corrected chi connectivity index (χ3v) is 3.21. The van der Waals surface area contributed by atoms with Gasteiger partial charge < -0.3 is 10.1 Å². The van der Waals surface area contributed by atoms with E-state index < -0.39 is 16.8 Å². The number of ether oxygens (including phenoxy) is 1. The number of nitrogens with one attached hydrogen (secondary N) is 1.